The Kier molecular flexibility index (Phi) is 6.79. The lowest BCUT2D eigenvalue weighted by Crippen LogP contribution is -2.29. The second kappa shape index (κ2) is 9.70. The zero-order valence-corrected chi connectivity index (χ0v) is 18.6. The highest BCUT2D eigenvalue weighted by Gasteiger charge is 2.16. The van der Waals surface area contributed by atoms with Crippen LogP contribution in [-0.2, 0) is 6.54 Å². The van der Waals surface area contributed by atoms with Crippen LogP contribution in [0.4, 0.5) is 10.8 Å². The van der Waals surface area contributed by atoms with Crippen LogP contribution in [0.3, 0.4) is 0 Å². The molecule has 0 unspecified atom stereocenters. The van der Waals surface area contributed by atoms with E-state index in [1.165, 1.54) is 41.9 Å². The molecule has 1 fully saturated rings. The fraction of sp³-hybridized carbons (Fsp3) is 0.286. The second-order valence-electron chi connectivity index (χ2n) is 7.06. The molecular formula is C21H21ClN4O2S2. The van der Waals surface area contributed by atoms with Gasteiger partial charge in [-0.15, -0.1) is 22.7 Å². The minimum atomic E-state index is -0.294. The quantitative estimate of drug-likeness (QED) is 0.520. The number of rotatable bonds is 6. The summed E-state index contributed by atoms with van der Waals surface area (Å²) in [5, 5.41) is 10.3. The highest BCUT2D eigenvalue weighted by Crippen LogP contribution is 2.26. The van der Waals surface area contributed by atoms with Crippen molar-refractivity contribution in [1.82, 2.24) is 9.88 Å². The monoisotopic (exact) mass is 460 g/mol. The molecule has 156 valence electrons. The number of likely N-dealkylation sites (tertiary alicyclic amines) is 1. The van der Waals surface area contributed by atoms with Gasteiger partial charge in [0, 0.05) is 17.5 Å². The van der Waals surface area contributed by atoms with Crippen LogP contribution in [0, 0.1) is 0 Å². The topological polar surface area (TPSA) is 74.3 Å². The van der Waals surface area contributed by atoms with Crippen LogP contribution in [0.5, 0.6) is 0 Å². The summed E-state index contributed by atoms with van der Waals surface area (Å²) in [4.78, 5) is 32.5. The highest BCUT2D eigenvalue weighted by molar-refractivity contribution is 7.14. The number of nitrogens with zero attached hydrogens (tertiary/aromatic N) is 2. The third-order valence-corrected chi connectivity index (χ3v) is 6.83. The first-order valence-electron chi connectivity index (χ1n) is 9.71. The average Bonchev–Trinajstić information content (AvgIpc) is 3.43. The maximum atomic E-state index is 12.7. The van der Waals surface area contributed by atoms with Crippen molar-refractivity contribution in [3.63, 3.8) is 0 Å². The van der Waals surface area contributed by atoms with Crippen molar-refractivity contribution >= 4 is 56.9 Å². The van der Waals surface area contributed by atoms with Gasteiger partial charge in [-0.3, -0.25) is 19.8 Å². The molecule has 3 aromatic rings. The van der Waals surface area contributed by atoms with E-state index in [9.17, 15) is 9.59 Å². The Balaban J connectivity index is 1.40. The summed E-state index contributed by atoms with van der Waals surface area (Å²) in [7, 11) is 0. The summed E-state index contributed by atoms with van der Waals surface area (Å²) in [5.41, 5.74) is 1.76. The summed E-state index contributed by atoms with van der Waals surface area (Å²) in [6.45, 7) is 3.01. The molecule has 0 bridgehead atoms. The number of anilines is 2. The third-order valence-electron chi connectivity index (χ3n) is 4.83. The molecule has 0 saturated carbocycles. The predicted molar refractivity (Wildman–Crippen MR) is 123 cm³/mol. The number of hydrogen-bond donors (Lipinski definition) is 2. The van der Waals surface area contributed by atoms with Gasteiger partial charge in [-0.1, -0.05) is 24.1 Å². The Labute approximate surface area is 187 Å². The molecule has 9 heteroatoms. The molecule has 6 nitrogen and oxygen atoms in total. The van der Waals surface area contributed by atoms with Crippen molar-refractivity contribution in [3.8, 4) is 0 Å². The van der Waals surface area contributed by atoms with Gasteiger partial charge in [-0.25, -0.2) is 4.98 Å². The number of carbonyl (C=O) groups is 2. The van der Waals surface area contributed by atoms with Crippen LogP contribution < -0.4 is 10.6 Å². The van der Waals surface area contributed by atoms with Gasteiger partial charge in [0.05, 0.1) is 21.3 Å². The molecule has 0 spiro atoms. The van der Waals surface area contributed by atoms with E-state index in [1.54, 1.807) is 30.3 Å². The molecule has 30 heavy (non-hydrogen) atoms. The summed E-state index contributed by atoms with van der Waals surface area (Å²) in [6.07, 6.45) is 3.76. The van der Waals surface area contributed by atoms with Crippen molar-refractivity contribution < 1.29 is 9.59 Å². The fourth-order valence-electron chi connectivity index (χ4n) is 3.31. The largest absolute Gasteiger partial charge is 0.320 e. The van der Waals surface area contributed by atoms with E-state index in [2.05, 4.69) is 20.5 Å². The van der Waals surface area contributed by atoms with Crippen LogP contribution in [0.15, 0.2) is 41.1 Å². The zero-order valence-electron chi connectivity index (χ0n) is 16.2. The van der Waals surface area contributed by atoms with Gasteiger partial charge >= 0.3 is 0 Å². The number of halogens is 1. The van der Waals surface area contributed by atoms with Crippen LogP contribution in [-0.4, -0.2) is 34.8 Å². The van der Waals surface area contributed by atoms with Crippen LogP contribution in [0.1, 0.15) is 45.0 Å². The first kappa shape index (κ1) is 21.0. The summed E-state index contributed by atoms with van der Waals surface area (Å²) >= 11 is 8.96. The maximum absolute atomic E-state index is 12.7. The Morgan fingerprint density at radius 3 is 2.67 bits per heavy atom. The molecule has 2 N–H and O–H groups in total. The van der Waals surface area contributed by atoms with Gasteiger partial charge < -0.3 is 5.32 Å². The molecular weight excluding hydrogens is 440 g/mol. The average molecular weight is 461 g/mol. The van der Waals surface area contributed by atoms with E-state index < -0.39 is 0 Å². The van der Waals surface area contributed by atoms with Crippen molar-refractivity contribution in [2.24, 2.45) is 0 Å². The number of thiazole rings is 1. The van der Waals surface area contributed by atoms with E-state index in [0.717, 1.165) is 25.3 Å². The zero-order chi connectivity index (χ0) is 20.9. The second-order valence-corrected chi connectivity index (χ2v) is 9.27. The summed E-state index contributed by atoms with van der Waals surface area (Å²) in [6, 6.07) is 8.34. The van der Waals surface area contributed by atoms with Gasteiger partial charge in [0.2, 0.25) is 0 Å². The Morgan fingerprint density at radius 1 is 1.07 bits per heavy atom. The van der Waals surface area contributed by atoms with Crippen LogP contribution in [0.25, 0.3) is 0 Å². The maximum Gasteiger partial charge on any atom is 0.265 e. The SMILES string of the molecule is O=C(Nc1nc(CN2CCCCC2)cs1)c1ccc(Cl)c(NC(=O)c2cccs2)c1. The molecule has 1 aromatic carbocycles. The van der Waals surface area contributed by atoms with Crippen molar-refractivity contribution in [2.45, 2.75) is 25.8 Å². The number of thiophene rings is 1. The Morgan fingerprint density at radius 2 is 1.90 bits per heavy atom. The molecule has 1 saturated heterocycles. The molecule has 0 aliphatic carbocycles. The lowest BCUT2D eigenvalue weighted by molar-refractivity contribution is 0.101. The molecule has 0 atom stereocenters. The normalized spacial score (nSPS) is 14.4. The molecule has 2 aromatic heterocycles. The Hall–Kier alpha value is -2.26. The molecule has 1 aliphatic rings. The standard InChI is InChI=1S/C21H21ClN4O2S2/c22-16-7-6-14(11-17(16)24-20(28)18-5-4-10-29-18)19(27)25-21-23-15(13-30-21)12-26-8-2-1-3-9-26/h4-7,10-11,13H,1-3,8-9,12H2,(H,24,28)(H,23,25,27). The number of amides is 2. The van der Waals surface area contributed by atoms with E-state index in [4.69, 9.17) is 11.6 Å². The minimum Gasteiger partial charge on any atom is -0.320 e. The first-order chi connectivity index (χ1) is 14.6. The molecule has 4 rings (SSSR count). The predicted octanol–water partition coefficient (Wildman–Crippen LogP) is 5.35. The van der Waals surface area contributed by atoms with Crippen LogP contribution >= 0.6 is 34.3 Å². The van der Waals surface area contributed by atoms with Gasteiger partial charge in [0.25, 0.3) is 11.8 Å². The summed E-state index contributed by atoms with van der Waals surface area (Å²) in [5.74, 6) is -0.552. The van der Waals surface area contributed by atoms with Crippen molar-refractivity contribution in [3.05, 3.63) is 62.2 Å². The van der Waals surface area contributed by atoms with Gasteiger partial charge in [0.1, 0.15) is 0 Å². The van der Waals surface area contributed by atoms with E-state index in [1.807, 2.05) is 10.8 Å². The fourth-order valence-corrected chi connectivity index (χ4v) is 4.79. The third kappa shape index (κ3) is 5.26. The smallest absolute Gasteiger partial charge is 0.265 e. The number of nitrogens with one attached hydrogen (secondary N) is 2. The number of carbonyl (C=O) groups excluding carboxylic acids is 2. The number of benzene rings is 1. The van der Waals surface area contributed by atoms with Crippen LogP contribution in [0.2, 0.25) is 5.02 Å². The molecule has 0 radical (unpaired) electrons. The van der Waals surface area contributed by atoms with E-state index >= 15 is 0 Å². The van der Waals surface area contributed by atoms with Gasteiger partial charge in [-0.05, 0) is 55.6 Å². The number of hydrogen-bond acceptors (Lipinski definition) is 6. The lowest BCUT2D eigenvalue weighted by Gasteiger charge is -2.25. The Bertz CT molecular complexity index is 1030. The first-order valence-corrected chi connectivity index (χ1v) is 11.8. The van der Waals surface area contributed by atoms with E-state index in [0.29, 0.717) is 26.3 Å². The number of piperidine rings is 1. The van der Waals surface area contributed by atoms with Gasteiger partial charge in [-0.2, -0.15) is 0 Å². The molecule has 3 heterocycles. The molecule has 2 amide bonds. The van der Waals surface area contributed by atoms with Crippen molar-refractivity contribution in [2.75, 3.05) is 23.7 Å². The highest BCUT2D eigenvalue weighted by atomic mass is 35.5. The minimum absolute atomic E-state index is 0.258. The van der Waals surface area contributed by atoms with E-state index in [-0.39, 0.29) is 11.8 Å². The molecule has 1 aliphatic heterocycles. The summed E-state index contributed by atoms with van der Waals surface area (Å²) < 4.78 is 0. The van der Waals surface area contributed by atoms with Crippen molar-refractivity contribution in [1.29, 1.82) is 0 Å². The lowest BCUT2D eigenvalue weighted by atomic mass is 10.1. The number of aromatic nitrogens is 1. The van der Waals surface area contributed by atoms with Gasteiger partial charge in [0.15, 0.2) is 5.13 Å².